The van der Waals surface area contributed by atoms with Gasteiger partial charge in [-0.05, 0) is 60.3 Å². The van der Waals surface area contributed by atoms with Crippen molar-refractivity contribution in [1.82, 2.24) is 9.80 Å². The highest BCUT2D eigenvalue weighted by molar-refractivity contribution is 5.30. The summed E-state index contributed by atoms with van der Waals surface area (Å²) in [6.07, 6.45) is 1.97. The van der Waals surface area contributed by atoms with Gasteiger partial charge in [-0.15, -0.1) is 0 Å². The second kappa shape index (κ2) is 13.5. The van der Waals surface area contributed by atoms with E-state index in [0.717, 1.165) is 56.8 Å². The SMILES string of the molecule is Fc1ccc(C(OCCN2CCN(CCCc3ccccc3)CC2)c2ccc(F)cc2)cc1.[Cl-]. The number of hydrogen-bond donors (Lipinski definition) is 0. The van der Waals surface area contributed by atoms with Crippen LogP contribution in [0.15, 0.2) is 78.9 Å². The summed E-state index contributed by atoms with van der Waals surface area (Å²) in [6.45, 7) is 6.77. The Balaban J connectivity index is 0.00000324. The lowest BCUT2D eigenvalue weighted by molar-refractivity contribution is -0.00000930. The number of benzene rings is 3. The van der Waals surface area contributed by atoms with Crippen molar-refractivity contribution in [2.24, 2.45) is 0 Å². The first-order valence-electron chi connectivity index (χ1n) is 11.8. The number of ether oxygens (including phenoxy) is 1. The van der Waals surface area contributed by atoms with Crippen LogP contribution in [0.4, 0.5) is 8.78 Å². The third-order valence-corrected chi connectivity index (χ3v) is 6.29. The van der Waals surface area contributed by atoms with Crippen LogP contribution >= 0.6 is 0 Å². The lowest BCUT2D eigenvalue weighted by Gasteiger charge is -2.35. The Morgan fingerprint density at radius 2 is 1.18 bits per heavy atom. The molecule has 0 aliphatic carbocycles. The molecule has 3 aromatic carbocycles. The van der Waals surface area contributed by atoms with Crippen molar-refractivity contribution in [2.75, 3.05) is 45.9 Å². The minimum absolute atomic E-state index is 0. The van der Waals surface area contributed by atoms with E-state index in [9.17, 15) is 8.78 Å². The second-order valence-corrected chi connectivity index (χ2v) is 8.63. The topological polar surface area (TPSA) is 15.7 Å². The Kier molecular flexibility index (Phi) is 10.5. The standard InChI is InChI=1S/C28H32F2N2O.ClH/c29-26-12-8-24(9-13-26)28(25-10-14-27(30)15-11-25)33-22-21-32-19-17-31(18-20-32)16-4-7-23-5-2-1-3-6-23;/h1-3,5-6,8-15,28H,4,7,16-22H2;1H/p-1. The fraction of sp³-hybridized carbons (Fsp3) is 0.357. The molecule has 3 nitrogen and oxygen atoms in total. The van der Waals surface area contributed by atoms with Gasteiger partial charge in [-0.3, -0.25) is 4.90 Å². The summed E-state index contributed by atoms with van der Waals surface area (Å²) in [4.78, 5) is 4.97. The summed E-state index contributed by atoms with van der Waals surface area (Å²) >= 11 is 0. The molecule has 1 fully saturated rings. The third-order valence-electron chi connectivity index (χ3n) is 6.29. The predicted octanol–water partition coefficient (Wildman–Crippen LogP) is 2.33. The minimum atomic E-state index is -0.342. The molecule has 0 N–H and O–H groups in total. The van der Waals surface area contributed by atoms with Crippen LogP contribution < -0.4 is 12.4 Å². The third kappa shape index (κ3) is 7.88. The molecule has 6 heteroatoms. The van der Waals surface area contributed by atoms with Gasteiger partial charge >= 0.3 is 0 Å². The zero-order valence-corrected chi connectivity index (χ0v) is 20.1. The van der Waals surface area contributed by atoms with Crippen molar-refractivity contribution in [3.05, 3.63) is 107 Å². The van der Waals surface area contributed by atoms with E-state index in [1.807, 2.05) is 0 Å². The van der Waals surface area contributed by atoms with Crippen LogP contribution in [0, 0.1) is 11.6 Å². The van der Waals surface area contributed by atoms with Crippen LogP contribution in [0.5, 0.6) is 0 Å². The zero-order valence-electron chi connectivity index (χ0n) is 19.4. The lowest BCUT2D eigenvalue weighted by atomic mass is 10.0. The number of rotatable bonds is 10. The van der Waals surface area contributed by atoms with Crippen LogP contribution in [0.25, 0.3) is 0 Å². The van der Waals surface area contributed by atoms with Gasteiger partial charge in [-0.2, -0.15) is 0 Å². The molecule has 0 amide bonds. The lowest BCUT2D eigenvalue weighted by Crippen LogP contribution is -3.00. The number of aryl methyl sites for hydroxylation is 1. The zero-order chi connectivity index (χ0) is 22.9. The van der Waals surface area contributed by atoms with Crippen molar-refractivity contribution in [1.29, 1.82) is 0 Å². The maximum Gasteiger partial charge on any atom is 0.123 e. The van der Waals surface area contributed by atoms with E-state index in [1.165, 1.54) is 36.2 Å². The Morgan fingerprint density at radius 1 is 0.676 bits per heavy atom. The molecular formula is C28H32ClF2N2O-. The molecule has 0 bridgehead atoms. The first-order valence-corrected chi connectivity index (χ1v) is 11.8. The second-order valence-electron chi connectivity index (χ2n) is 8.63. The monoisotopic (exact) mass is 485 g/mol. The average Bonchev–Trinajstić information content (AvgIpc) is 2.85. The van der Waals surface area contributed by atoms with E-state index in [4.69, 9.17) is 4.74 Å². The van der Waals surface area contributed by atoms with Gasteiger partial charge in [0.25, 0.3) is 0 Å². The Morgan fingerprint density at radius 3 is 1.71 bits per heavy atom. The Bertz CT molecular complexity index is 916. The van der Waals surface area contributed by atoms with E-state index < -0.39 is 0 Å². The highest BCUT2D eigenvalue weighted by Crippen LogP contribution is 2.26. The molecule has 0 saturated carbocycles. The van der Waals surface area contributed by atoms with Gasteiger partial charge in [0.05, 0.1) is 6.61 Å². The number of piperazine rings is 1. The molecule has 0 aromatic heterocycles. The molecule has 4 rings (SSSR count). The molecule has 0 spiro atoms. The number of hydrogen-bond acceptors (Lipinski definition) is 3. The first-order chi connectivity index (χ1) is 16.2. The molecule has 0 radical (unpaired) electrons. The molecular weight excluding hydrogens is 454 g/mol. The van der Waals surface area contributed by atoms with Gasteiger partial charge in [0, 0.05) is 32.7 Å². The van der Waals surface area contributed by atoms with Crippen LogP contribution in [-0.2, 0) is 11.2 Å². The van der Waals surface area contributed by atoms with Crippen LogP contribution in [0.3, 0.4) is 0 Å². The Hall–Kier alpha value is -2.31. The fourth-order valence-electron chi connectivity index (χ4n) is 4.35. The summed E-state index contributed by atoms with van der Waals surface area (Å²) in [5.74, 6) is -0.559. The smallest absolute Gasteiger partial charge is 0.123 e. The Labute approximate surface area is 207 Å². The largest absolute Gasteiger partial charge is 1.00 e. The van der Waals surface area contributed by atoms with Crippen molar-refractivity contribution < 1.29 is 25.9 Å². The highest BCUT2D eigenvalue weighted by atomic mass is 35.5. The summed E-state index contributed by atoms with van der Waals surface area (Å²) < 4.78 is 33.0. The van der Waals surface area contributed by atoms with Gasteiger partial charge in [0.2, 0.25) is 0 Å². The molecule has 1 aliphatic heterocycles. The maximum absolute atomic E-state index is 13.4. The van der Waals surface area contributed by atoms with E-state index in [2.05, 4.69) is 40.1 Å². The first kappa shape index (κ1) is 26.3. The van der Waals surface area contributed by atoms with Gasteiger partial charge < -0.3 is 22.0 Å². The molecule has 0 unspecified atom stereocenters. The molecule has 182 valence electrons. The van der Waals surface area contributed by atoms with E-state index in [-0.39, 0.29) is 30.1 Å². The summed E-state index contributed by atoms with van der Waals surface area (Å²) in [6, 6.07) is 23.3. The quantitative estimate of drug-likeness (QED) is 0.438. The van der Waals surface area contributed by atoms with Crippen LogP contribution in [0.2, 0.25) is 0 Å². The average molecular weight is 486 g/mol. The fourth-order valence-corrected chi connectivity index (χ4v) is 4.35. The van der Waals surface area contributed by atoms with Gasteiger partial charge in [-0.25, -0.2) is 8.78 Å². The summed E-state index contributed by atoms with van der Waals surface area (Å²) in [5.41, 5.74) is 3.14. The minimum Gasteiger partial charge on any atom is -1.00 e. The number of nitrogens with zero attached hydrogens (tertiary/aromatic N) is 2. The highest BCUT2D eigenvalue weighted by Gasteiger charge is 2.19. The van der Waals surface area contributed by atoms with Gasteiger partial charge in [-0.1, -0.05) is 54.6 Å². The molecule has 3 aromatic rings. The van der Waals surface area contributed by atoms with E-state index in [1.54, 1.807) is 24.3 Å². The molecule has 1 heterocycles. The summed E-state index contributed by atoms with van der Waals surface area (Å²) in [7, 11) is 0. The van der Waals surface area contributed by atoms with E-state index in [0.29, 0.717) is 6.61 Å². The van der Waals surface area contributed by atoms with Crippen molar-refractivity contribution in [2.45, 2.75) is 18.9 Å². The van der Waals surface area contributed by atoms with Crippen molar-refractivity contribution in [3.63, 3.8) is 0 Å². The van der Waals surface area contributed by atoms with Crippen molar-refractivity contribution in [3.8, 4) is 0 Å². The van der Waals surface area contributed by atoms with Crippen LogP contribution in [0.1, 0.15) is 29.2 Å². The normalized spacial score (nSPS) is 14.8. The van der Waals surface area contributed by atoms with Crippen molar-refractivity contribution >= 4 is 0 Å². The van der Waals surface area contributed by atoms with Gasteiger partial charge in [0.1, 0.15) is 17.7 Å². The van der Waals surface area contributed by atoms with Gasteiger partial charge in [0.15, 0.2) is 0 Å². The summed E-state index contributed by atoms with van der Waals surface area (Å²) in [5, 5.41) is 0. The molecule has 34 heavy (non-hydrogen) atoms. The maximum atomic E-state index is 13.4. The molecule has 1 aliphatic rings. The predicted molar refractivity (Wildman–Crippen MR) is 128 cm³/mol. The molecule has 0 atom stereocenters. The molecule has 1 saturated heterocycles. The van der Waals surface area contributed by atoms with E-state index >= 15 is 0 Å². The number of halogens is 3. The van der Waals surface area contributed by atoms with Crippen LogP contribution in [-0.4, -0.2) is 55.7 Å².